The van der Waals surface area contributed by atoms with Gasteiger partial charge < -0.3 is 11.1 Å². The molecular formula is C12H20Cl2N2. The standard InChI is InChI=1S/C12H18N2.2ClH/c13-10-12(6-8-14-9-7-12)11-4-2-1-3-5-11;;/h1-5,14H,6-10,13H2;2*1H. The molecule has 0 radical (unpaired) electrons. The molecule has 0 saturated carbocycles. The Labute approximate surface area is 110 Å². The number of hydrogen-bond donors (Lipinski definition) is 2. The fourth-order valence-corrected chi connectivity index (χ4v) is 2.31. The Morgan fingerprint density at radius 2 is 1.62 bits per heavy atom. The lowest BCUT2D eigenvalue weighted by atomic mass is 9.73. The highest BCUT2D eigenvalue weighted by Gasteiger charge is 2.31. The summed E-state index contributed by atoms with van der Waals surface area (Å²) in [5.41, 5.74) is 7.58. The van der Waals surface area contributed by atoms with Gasteiger partial charge in [0.15, 0.2) is 0 Å². The second-order valence-corrected chi connectivity index (χ2v) is 4.10. The van der Waals surface area contributed by atoms with Crippen molar-refractivity contribution in [3.8, 4) is 0 Å². The lowest BCUT2D eigenvalue weighted by molar-refractivity contribution is 0.315. The fourth-order valence-electron chi connectivity index (χ4n) is 2.31. The fraction of sp³-hybridized carbons (Fsp3) is 0.500. The molecule has 0 spiro atoms. The van der Waals surface area contributed by atoms with Gasteiger partial charge in [0.25, 0.3) is 0 Å². The van der Waals surface area contributed by atoms with Crippen LogP contribution < -0.4 is 11.1 Å². The number of rotatable bonds is 2. The van der Waals surface area contributed by atoms with Crippen LogP contribution in [0.15, 0.2) is 30.3 Å². The molecule has 1 saturated heterocycles. The molecule has 0 atom stereocenters. The Morgan fingerprint density at radius 3 is 2.12 bits per heavy atom. The van der Waals surface area contributed by atoms with Crippen LogP contribution in [-0.2, 0) is 5.41 Å². The van der Waals surface area contributed by atoms with Crippen molar-refractivity contribution in [1.82, 2.24) is 5.32 Å². The van der Waals surface area contributed by atoms with E-state index in [9.17, 15) is 0 Å². The zero-order valence-electron chi connectivity index (χ0n) is 9.32. The zero-order valence-corrected chi connectivity index (χ0v) is 10.9. The number of benzene rings is 1. The first-order valence-corrected chi connectivity index (χ1v) is 5.34. The Hall–Kier alpha value is -0.280. The average molecular weight is 263 g/mol. The average Bonchev–Trinajstić information content (AvgIpc) is 2.31. The molecule has 0 aromatic heterocycles. The minimum absolute atomic E-state index is 0. The number of nitrogens with one attached hydrogen (secondary N) is 1. The van der Waals surface area contributed by atoms with Crippen molar-refractivity contribution in [1.29, 1.82) is 0 Å². The van der Waals surface area contributed by atoms with E-state index < -0.39 is 0 Å². The third kappa shape index (κ3) is 3.11. The van der Waals surface area contributed by atoms with Crippen molar-refractivity contribution < 1.29 is 0 Å². The van der Waals surface area contributed by atoms with Crippen LogP contribution in [0.25, 0.3) is 0 Å². The van der Waals surface area contributed by atoms with E-state index in [1.807, 2.05) is 0 Å². The van der Waals surface area contributed by atoms with Crippen LogP contribution in [0.3, 0.4) is 0 Å². The van der Waals surface area contributed by atoms with Gasteiger partial charge in [-0.1, -0.05) is 30.3 Å². The highest BCUT2D eigenvalue weighted by molar-refractivity contribution is 5.85. The first kappa shape index (κ1) is 15.7. The monoisotopic (exact) mass is 262 g/mol. The summed E-state index contributed by atoms with van der Waals surface area (Å²) in [7, 11) is 0. The van der Waals surface area contributed by atoms with Gasteiger partial charge in [0, 0.05) is 12.0 Å². The Balaban J connectivity index is 0.00000112. The number of nitrogens with two attached hydrogens (primary N) is 1. The molecule has 1 aliphatic heterocycles. The Morgan fingerprint density at radius 1 is 1.06 bits per heavy atom. The SMILES string of the molecule is Cl.Cl.NCC1(c2ccccc2)CCNCC1. The second-order valence-electron chi connectivity index (χ2n) is 4.10. The molecule has 2 rings (SSSR count). The third-order valence-corrected chi connectivity index (χ3v) is 3.34. The van der Waals surface area contributed by atoms with E-state index in [0.29, 0.717) is 0 Å². The Kier molecular flexibility index (Phi) is 7.00. The van der Waals surface area contributed by atoms with Gasteiger partial charge in [0.2, 0.25) is 0 Å². The van der Waals surface area contributed by atoms with Crippen LogP contribution in [0.1, 0.15) is 18.4 Å². The van der Waals surface area contributed by atoms with Gasteiger partial charge in [-0.3, -0.25) is 0 Å². The van der Waals surface area contributed by atoms with Crippen LogP contribution in [0.4, 0.5) is 0 Å². The summed E-state index contributed by atoms with van der Waals surface area (Å²) >= 11 is 0. The van der Waals surface area contributed by atoms with E-state index in [0.717, 1.165) is 32.5 Å². The molecule has 4 heteroatoms. The molecule has 92 valence electrons. The molecule has 2 nitrogen and oxygen atoms in total. The molecule has 1 aliphatic rings. The van der Waals surface area contributed by atoms with Gasteiger partial charge in [-0.25, -0.2) is 0 Å². The summed E-state index contributed by atoms with van der Waals surface area (Å²) in [5, 5.41) is 3.39. The van der Waals surface area contributed by atoms with E-state index >= 15 is 0 Å². The van der Waals surface area contributed by atoms with E-state index in [4.69, 9.17) is 5.73 Å². The van der Waals surface area contributed by atoms with Crippen molar-refractivity contribution >= 4 is 24.8 Å². The normalized spacial score (nSPS) is 18.1. The predicted molar refractivity (Wildman–Crippen MR) is 73.8 cm³/mol. The summed E-state index contributed by atoms with van der Waals surface area (Å²) < 4.78 is 0. The number of piperidine rings is 1. The van der Waals surface area contributed by atoms with Crippen LogP contribution in [-0.4, -0.2) is 19.6 Å². The van der Waals surface area contributed by atoms with Gasteiger partial charge in [0.1, 0.15) is 0 Å². The maximum absolute atomic E-state index is 5.94. The van der Waals surface area contributed by atoms with Crippen LogP contribution in [0.2, 0.25) is 0 Å². The molecular weight excluding hydrogens is 243 g/mol. The quantitative estimate of drug-likeness (QED) is 0.857. The van der Waals surface area contributed by atoms with Gasteiger partial charge in [-0.05, 0) is 31.5 Å². The molecule has 1 heterocycles. The van der Waals surface area contributed by atoms with E-state index in [-0.39, 0.29) is 30.2 Å². The van der Waals surface area contributed by atoms with Gasteiger partial charge in [-0.15, -0.1) is 24.8 Å². The van der Waals surface area contributed by atoms with Gasteiger partial charge in [0.05, 0.1) is 0 Å². The maximum Gasteiger partial charge on any atom is 0.00996 e. The number of halogens is 2. The van der Waals surface area contributed by atoms with Gasteiger partial charge >= 0.3 is 0 Å². The zero-order chi connectivity index (χ0) is 9.86. The van der Waals surface area contributed by atoms with Crippen molar-refractivity contribution in [2.24, 2.45) is 5.73 Å². The molecule has 0 amide bonds. The van der Waals surface area contributed by atoms with Crippen molar-refractivity contribution in [3.05, 3.63) is 35.9 Å². The van der Waals surface area contributed by atoms with E-state index in [2.05, 4.69) is 35.6 Å². The predicted octanol–water partition coefficient (Wildman–Crippen LogP) is 2.11. The van der Waals surface area contributed by atoms with E-state index in [1.54, 1.807) is 0 Å². The van der Waals surface area contributed by atoms with Crippen molar-refractivity contribution in [2.45, 2.75) is 18.3 Å². The number of hydrogen-bond acceptors (Lipinski definition) is 2. The van der Waals surface area contributed by atoms with Crippen LogP contribution >= 0.6 is 24.8 Å². The highest BCUT2D eigenvalue weighted by atomic mass is 35.5. The second kappa shape index (κ2) is 7.13. The summed E-state index contributed by atoms with van der Waals surface area (Å²) in [6.07, 6.45) is 2.32. The Bertz CT molecular complexity index is 284. The lowest BCUT2D eigenvalue weighted by Crippen LogP contribution is -2.44. The smallest absolute Gasteiger partial charge is 0.00996 e. The molecule has 0 aliphatic carbocycles. The first-order valence-electron chi connectivity index (χ1n) is 5.34. The first-order chi connectivity index (χ1) is 6.87. The molecule has 0 unspecified atom stereocenters. The molecule has 1 aromatic rings. The van der Waals surface area contributed by atoms with Crippen molar-refractivity contribution in [3.63, 3.8) is 0 Å². The van der Waals surface area contributed by atoms with E-state index in [1.165, 1.54) is 5.56 Å². The largest absolute Gasteiger partial charge is 0.330 e. The summed E-state index contributed by atoms with van der Waals surface area (Å²) in [4.78, 5) is 0. The summed E-state index contributed by atoms with van der Waals surface area (Å²) in [5.74, 6) is 0. The van der Waals surface area contributed by atoms with Crippen LogP contribution in [0.5, 0.6) is 0 Å². The van der Waals surface area contributed by atoms with Crippen LogP contribution in [0, 0.1) is 0 Å². The topological polar surface area (TPSA) is 38.0 Å². The van der Waals surface area contributed by atoms with Gasteiger partial charge in [-0.2, -0.15) is 0 Å². The maximum atomic E-state index is 5.94. The highest BCUT2D eigenvalue weighted by Crippen LogP contribution is 2.31. The minimum Gasteiger partial charge on any atom is -0.330 e. The summed E-state index contributed by atoms with van der Waals surface area (Å²) in [6, 6.07) is 10.7. The third-order valence-electron chi connectivity index (χ3n) is 3.34. The molecule has 1 aromatic carbocycles. The molecule has 16 heavy (non-hydrogen) atoms. The lowest BCUT2D eigenvalue weighted by Gasteiger charge is -2.37. The van der Waals surface area contributed by atoms with Crippen molar-refractivity contribution in [2.75, 3.05) is 19.6 Å². The molecule has 1 fully saturated rings. The minimum atomic E-state index is 0. The molecule has 0 bridgehead atoms. The molecule has 3 N–H and O–H groups in total. The summed E-state index contributed by atoms with van der Waals surface area (Å²) in [6.45, 7) is 2.94.